The van der Waals surface area contributed by atoms with Crippen LogP contribution in [-0.4, -0.2) is 42.3 Å². The SMILES string of the molecule is Cc1cc(N2C[C@@H]3CNCC[C@]3(F)C2=O)cc(C(=O)O)c1C. The molecule has 2 aliphatic rings. The normalized spacial score (nSPS) is 27.9. The predicted molar refractivity (Wildman–Crippen MR) is 80.0 cm³/mol. The standard InChI is InChI=1S/C16H19FN2O3/c1-9-5-12(6-13(10(9)2)14(20)21)19-8-11-7-18-4-3-16(11,17)15(19)22/h5-6,11,18H,3-4,7-8H2,1-2H3,(H,20,21)/t11-,16+/m0/s1. The van der Waals surface area contributed by atoms with Crippen LogP contribution in [0.15, 0.2) is 12.1 Å². The van der Waals surface area contributed by atoms with Gasteiger partial charge in [-0.15, -0.1) is 0 Å². The number of nitrogens with zero attached hydrogens (tertiary/aromatic N) is 1. The number of rotatable bonds is 2. The third-order valence-corrected chi connectivity index (χ3v) is 4.90. The predicted octanol–water partition coefficient (Wildman–Crippen LogP) is 1.67. The first-order chi connectivity index (χ1) is 10.3. The first-order valence-electron chi connectivity index (χ1n) is 7.40. The largest absolute Gasteiger partial charge is 0.478 e. The number of aromatic carboxylic acids is 1. The maximum absolute atomic E-state index is 15.0. The van der Waals surface area contributed by atoms with E-state index in [1.807, 2.05) is 0 Å². The fourth-order valence-electron chi connectivity index (χ4n) is 3.37. The van der Waals surface area contributed by atoms with E-state index >= 15 is 0 Å². The highest BCUT2D eigenvalue weighted by molar-refractivity contribution is 6.03. The van der Waals surface area contributed by atoms with Gasteiger partial charge in [0.15, 0.2) is 5.67 Å². The minimum Gasteiger partial charge on any atom is -0.478 e. The molecule has 2 aliphatic heterocycles. The molecule has 0 unspecified atom stereocenters. The molecule has 0 radical (unpaired) electrons. The Balaban J connectivity index is 2.02. The number of nitrogens with one attached hydrogen (secondary N) is 1. The lowest BCUT2D eigenvalue weighted by Crippen LogP contribution is -2.49. The summed E-state index contributed by atoms with van der Waals surface area (Å²) in [7, 11) is 0. The number of halogens is 1. The average molecular weight is 306 g/mol. The van der Waals surface area contributed by atoms with Gasteiger partial charge in [-0.3, -0.25) is 4.79 Å². The Kier molecular flexibility index (Phi) is 3.44. The van der Waals surface area contributed by atoms with Crippen LogP contribution in [-0.2, 0) is 4.79 Å². The molecule has 2 heterocycles. The second kappa shape index (κ2) is 5.05. The van der Waals surface area contributed by atoms with Crippen molar-refractivity contribution in [2.24, 2.45) is 5.92 Å². The van der Waals surface area contributed by atoms with Gasteiger partial charge < -0.3 is 15.3 Å². The molecule has 2 fully saturated rings. The number of hydrogen-bond donors (Lipinski definition) is 2. The monoisotopic (exact) mass is 306 g/mol. The number of carboxylic acids is 1. The van der Waals surface area contributed by atoms with Gasteiger partial charge in [0.05, 0.1) is 5.56 Å². The van der Waals surface area contributed by atoms with Crippen molar-refractivity contribution in [2.45, 2.75) is 25.9 Å². The molecule has 2 N–H and O–H groups in total. The molecule has 1 aromatic carbocycles. The van der Waals surface area contributed by atoms with Crippen molar-refractivity contribution >= 4 is 17.6 Å². The molecule has 0 aromatic heterocycles. The summed E-state index contributed by atoms with van der Waals surface area (Å²) in [5.74, 6) is -1.97. The van der Waals surface area contributed by atoms with Crippen LogP contribution in [0, 0.1) is 19.8 Å². The van der Waals surface area contributed by atoms with Crippen LogP contribution < -0.4 is 10.2 Å². The third-order valence-electron chi connectivity index (χ3n) is 4.90. The fraction of sp³-hybridized carbons (Fsp3) is 0.500. The summed E-state index contributed by atoms with van der Waals surface area (Å²) in [5, 5.41) is 12.4. The molecule has 5 nitrogen and oxygen atoms in total. The molecule has 0 bridgehead atoms. The number of carbonyl (C=O) groups is 2. The van der Waals surface area contributed by atoms with Crippen LogP contribution in [0.4, 0.5) is 10.1 Å². The van der Waals surface area contributed by atoms with Crippen molar-refractivity contribution in [3.8, 4) is 0 Å². The van der Waals surface area contributed by atoms with Crippen molar-refractivity contribution in [2.75, 3.05) is 24.5 Å². The molecule has 0 aliphatic carbocycles. The second-order valence-electron chi connectivity index (χ2n) is 6.17. The summed E-state index contributed by atoms with van der Waals surface area (Å²) in [6.07, 6.45) is 0.170. The molecule has 0 spiro atoms. The number of carbonyl (C=O) groups excluding carboxylic acids is 1. The number of benzene rings is 1. The molecule has 6 heteroatoms. The summed E-state index contributed by atoms with van der Waals surface area (Å²) in [4.78, 5) is 25.3. The van der Waals surface area contributed by atoms with E-state index in [4.69, 9.17) is 0 Å². The van der Waals surface area contributed by atoms with E-state index in [-0.39, 0.29) is 24.4 Å². The van der Waals surface area contributed by atoms with Crippen LogP contribution in [0.1, 0.15) is 27.9 Å². The molecule has 118 valence electrons. The number of aryl methyl sites for hydroxylation is 1. The highest BCUT2D eigenvalue weighted by Gasteiger charge is 2.56. The number of amides is 1. The number of anilines is 1. The summed E-state index contributed by atoms with van der Waals surface area (Å²) in [6, 6.07) is 3.23. The van der Waals surface area contributed by atoms with Gasteiger partial charge in [-0.1, -0.05) is 0 Å². The van der Waals surface area contributed by atoms with Gasteiger partial charge in [0, 0.05) is 31.1 Å². The maximum Gasteiger partial charge on any atom is 0.336 e. The average Bonchev–Trinajstić information content (AvgIpc) is 2.74. The van der Waals surface area contributed by atoms with E-state index in [0.717, 1.165) is 5.56 Å². The van der Waals surface area contributed by atoms with Gasteiger partial charge in [0.1, 0.15) is 0 Å². The molecular formula is C16H19FN2O3. The number of hydrogen-bond acceptors (Lipinski definition) is 3. The summed E-state index contributed by atoms with van der Waals surface area (Å²) < 4.78 is 15.0. The van der Waals surface area contributed by atoms with Crippen LogP contribution in [0.3, 0.4) is 0 Å². The Morgan fingerprint density at radius 1 is 1.45 bits per heavy atom. The van der Waals surface area contributed by atoms with Crippen molar-refractivity contribution in [1.29, 1.82) is 0 Å². The van der Waals surface area contributed by atoms with Crippen molar-refractivity contribution < 1.29 is 19.1 Å². The highest BCUT2D eigenvalue weighted by Crippen LogP contribution is 2.40. The lowest BCUT2D eigenvalue weighted by molar-refractivity contribution is -0.130. The number of fused-ring (bicyclic) bond motifs is 1. The molecular weight excluding hydrogens is 287 g/mol. The number of carboxylic acid groups (broad SMARTS) is 1. The van der Waals surface area contributed by atoms with Gasteiger partial charge in [0.2, 0.25) is 0 Å². The van der Waals surface area contributed by atoms with Crippen molar-refractivity contribution in [1.82, 2.24) is 5.32 Å². The van der Waals surface area contributed by atoms with Crippen molar-refractivity contribution in [3.05, 3.63) is 28.8 Å². The first kappa shape index (κ1) is 15.0. The Labute approximate surface area is 128 Å². The quantitative estimate of drug-likeness (QED) is 0.872. The van der Waals surface area contributed by atoms with Gasteiger partial charge in [-0.05, 0) is 43.7 Å². The minimum absolute atomic E-state index is 0.156. The molecule has 2 atom stereocenters. The van der Waals surface area contributed by atoms with Crippen LogP contribution >= 0.6 is 0 Å². The van der Waals surface area contributed by atoms with Crippen LogP contribution in [0.2, 0.25) is 0 Å². The zero-order chi connectivity index (χ0) is 16.1. The van der Waals surface area contributed by atoms with Gasteiger partial charge >= 0.3 is 5.97 Å². The molecule has 1 amide bonds. The lowest BCUT2D eigenvalue weighted by Gasteiger charge is -2.29. The lowest BCUT2D eigenvalue weighted by atomic mass is 9.86. The van der Waals surface area contributed by atoms with E-state index in [1.165, 1.54) is 11.0 Å². The second-order valence-corrected chi connectivity index (χ2v) is 6.17. The number of piperidine rings is 1. The van der Waals surface area contributed by atoms with Crippen LogP contribution in [0.25, 0.3) is 0 Å². The van der Waals surface area contributed by atoms with E-state index in [9.17, 15) is 19.1 Å². The molecule has 1 aromatic rings. The minimum atomic E-state index is -1.83. The van der Waals surface area contributed by atoms with Gasteiger partial charge in [-0.25, -0.2) is 9.18 Å². The Bertz CT molecular complexity index is 661. The Morgan fingerprint density at radius 3 is 2.82 bits per heavy atom. The van der Waals surface area contributed by atoms with E-state index in [0.29, 0.717) is 24.3 Å². The highest BCUT2D eigenvalue weighted by atomic mass is 19.1. The topological polar surface area (TPSA) is 69.6 Å². The molecule has 0 saturated carbocycles. The smallest absolute Gasteiger partial charge is 0.336 e. The maximum atomic E-state index is 15.0. The van der Waals surface area contributed by atoms with Crippen LogP contribution in [0.5, 0.6) is 0 Å². The van der Waals surface area contributed by atoms with Crippen molar-refractivity contribution in [3.63, 3.8) is 0 Å². The van der Waals surface area contributed by atoms with E-state index < -0.39 is 17.5 Å². The zero-order valence-corrected chi connectivity index (χ0v) is 12.6. The first-order valence-corrected chi connectivity index (χ1v) is 7.40. The molecule has 3 rings (SSSR count). The molecule has 22 heavy (non-hydrogen) atoms. The Hall–Kier alpha value is -1.95. The number of alkyl halides is 1. The fourth-order valence-corrected chi connectivity index (χ4v) is 3.37. The van der Waals surface area contributed by atoms with Gasteiger partial charge in [0.25, 0.3) is 5.91 Å². The third kappa shape index (κ3) is 2.09. The molecule has 2 saturated heterocycles. The Morgan fingerprint density at radius 2 is 2.18 bits per heavy atom. The zero-order valence-electron chi connectivity index (χ0n) is 12.6. The summed E-state index contributed by atoms with van der Waals surface area (Å²) >= 11 is 0. The summed E-state index contributed by atoms with van der Waals surface area (Å²) in [5.41, 5.74) is 0.245. The van der Waals surface area contributed by atoms with Gasteiger partial charge in [-0.2, -0.15) is 0 Å². The summed E-state index contributed by atoms with van der Waals surface area (Å²) in [6.45, 7) is 4.76. The van der Waals surface area contributed by atoms with E-state index in [1.54, 1.807) is 19.9 Å². The van der Waals surface area contributed by atoms with E-state index in [2.05, 4.69) is 5.32 Å².